The van der Waals surface area contributed by atoms with Crippen molar-refractivity contribution in [2.75, 3.05) is 20.5 Å². The Balaban J connectivity index is 2.06. The van der Waals surface area contributed by atoms with Crippen LogP contribution in [0.1, 0.15) is 31.2 Å². The fourth-order valence-electron chi connectivity index (χ4n) is 2.73. The van der Waals surface area contributed by atoms with Crippen LogP contribution in [0.4, 0.5) is 0 Å². The lowest BCUT2D eigenvalue weighted by Gasteiger charge is -2.31. The lowest BCUT2D eigenvalue weighted by molar-refractivity contribution is 0.345. The average Bonchev–Trinajstić information content (AvgIpc) is 2.52. The van der Waals surface area contributed by atoms with Crippen molar-refractivity contribution >= 4 is 11.8 Å². The van der Waals surface area contributed by atoms with E-state index in [9.17, 15) is 0 Å². The molecule has 0 amide bonds. The van der Waals surface area contributed by atoms with E-state index in [4.69, 9.17) is 9.47 Å². The zero-order chi connectivity index (χ0) is 14.4. The van der Waals surface area contributed by atoms with Crippen LogP contribution in [0, 0.1) is 0 Å². The van der Waals surface area contributed by atoms with Gasteiger partial charge in [-0.15, -0.1) is 0 Å². The molecule has 0 spiro atoms. The molecule has 1 aromatic rings. The lowest BCUT2D eigenvalue weighted by Crippen LogP contribution is -2.40. The van der Waals surface area contributed by atoms with Crippen molar-refractivity contribution in [3.8, 4) is 11.8 Å². The molecule has 6 heteroatoms. The van der Waals surface area contributed by atoms with Gasteiger partial charge >= 0.3 is 0 Å². The molecule has 0 saturated heterocycles. The minimum atomic E-state index is 0.536. The molecule has 0 aliphatic heterocycles. The van der Waals surface area contributed by atoms with Crippen molar-refractivity contribution in [1.29, 1.82) is 0 Å². The number of thioether (sulfide) groups is 1. The van der Waals surface area contributed by atoms with Crippen molar-refractivity contribution in [1.82, 2.24) is 15.3 Å². The molecular formula is C14H23N3O2S. The van der Waals surface area contributed by atoms with E-state index in [0.717, 1.165) is 5.56 Å². The van der Waals surface area contributed by atoms with Gasteiger partial charge in [-0.05, 0) is 19.1 Å². The SMILES string of the molecule is COc1ncnc(OC)c1CNC1CCCCC1SC. The van der Waals surface area contributed by atoms with Crippen LogP contribution in [0.3, 0.4) is 0 Å². The molecule has 1 saturated carbocycles. The zero-order valence-electron chi connectivity index (χ0n) is 12.4. The van der Waals surface area contributed by atoms with Crippen LogP contribution in [0.5, 0.6) is 11.8 Å². The Labute approximate surface area is 124 Å². The summed E-state index contributed by atoms with van der Waals surface area (Å²) in [6.07, 6.45) is 8.81. The highest BCUT2D eigenvalue weighted by molar-refractivity contribution is 7.99. The van der Waals surface area contributed by atoms with Gasteiger partial charge in [0, 0.05) is 17.8 Å². The topological polar surface area (TPSA) is 56.3 Å². The molecule has 1 N–H and O–H groups in total. The van der Waals surface area contributed by atoms with E-state index < -0.39 is 0 Å². The molecule has 2 unspecified atom stereocenters. The Kier molecular flexibility index (Phi) is 5.91. The summed E-state index contributed by atoms with van der Waals surface area (Å²) in [5, 5.41) is 4.31. The number of rotatable bonds is 6. The summed E-state index contributed by atoms with van der Waals surface area (Å²) in [4.78, 5) is 8.30. The molecule has 1 aliphatic rings. The second kappa shape index (κ2) is 7.69. The second-order valence-electron chi connectivity index (χ2n) is 4.92. The van der Waals surface area contributed by atoms with Gasteiger partial charge in [-0.2, -0.15) is 11.8 Å². The van der Waals surface area contributed by atoms with Crippen LogP contribution in [0.2, 0.25) is 0 Å². The molecule has 20 heavy (non-hydrogen) atoms. The minimum Gasteiger partial charge on any atom is -0.481 e. The molecule has 1 aromatic heterocycles. The maximum absolute atomic E-state index is 5.30. The van der Waals surface area contributed by atoms with Gasteiger partial charge in [-0.25, -0.2) is 9.97 Å². The fourth-order valence-corrected chi connectivity index (χ4v) is 3.69. The number of methoxy groups -OCH3 is 2. The summed E-state index contributed by atoms with van der Waals surface area (Å²) < 4.78 is 10.6. The third-order valence-corrected chi connectivity index (χ3v) is 4.97. The summed E-state index contributed by atoms with van der Waals surface area (Å²) in [6.45, 7) is 0.676. The number of aromatic nitrogens is 2. The first kappa shape index (κ1) is 15.4. The largest absolute Gasteiger partial charge is 0.481 e. The highest BCUT2D eigenvalue weighted by Crippen LogP contribution is 2.29. The predicted octanol–water partition coefficient (Wildman–Crippen LogP) is 2.26. The number of nitrogens with one attached hydrogen (secondary N) is 1. The van der Waals surface area contributed by atoms with E-state index >= 15 is 0 Å². The van der Waals surface area contributed by atoms with Crippen molar-refractivity contribution < 1.29 is 9.47 Å². The van der Waals surface area contributed by atoms with Gasteiger partial charge in [0.1, 0.15) is 6.33 Å². The maximum Gasteiger partial charge on any atom is 0.224 e. The van der Waals surface area contributed by atoms with Gasteiger partial charge in [-0.1, -0.05) is 12.8 Å². The number of hydrogen-bond donors (Lipinski definition) is 1. The third-order valence-electron chi connectivity index (χ3n) is 3.80. The maximum atomic E-state index is 5.30. The van der Waals surface area contributed by atoms with Gasteiger partial charge < -0.3 is 14.8 Å². The highest BCUT2D eigenvalue weighted by Gasteiger charge is 2.24. The van der Waals surface area contributed by atoms with Gasteiger partial charge in [0.05, 0.1) is 19.8 Å². The van der Waals surface area contributed by atoms with Crippen LogP contribution >= 0.6 is 11.8 Å². The average molecular weight is 297 g/mol. The van der Waals surface area contributed by atoms with E-state index in [0.29, 0.717) is 29.6 Å². The zero-order valence-corrected chi connectivity index (χ0v) is 13.2. The van der Waals surface area contributed by atoms with Crippen molar-refractivity contribution in [2.24, 2.45) is 0 Å². The van der Waals surface area contributed by atoms with E-state index in [2.05, 4.69) is 21.5 Å². The molecular weight excluding hydrogens is 274 g/mol. The van der Waals surface area contributed by atoms with Crippen LogP contribution in [0.15, 0.2) is 6.33 Å². The molecule has 5 nitrogen and oxygen atoms in total. The van der Waals surface area contributed by atoms with Crippen LogP contribution in [0.25, 0.3) is 0 Å². The third kappa shape index (κ3) is 3.55. The Hall–Kier alpha value is -1.01. The van der Waals surface area contributed by atoms with Crippen molar-refractivity contribution in [2.45, 2.75) is 43.5 Å². The summed E-state index contributed by atoms with van der Waals surface area (Å²) >= 11 is 1.95. The Morgan fingerprint density at radius 1 is 1.20 bits per heavy atom. The standard InChI is InChI=1S/C14H23N3O2S/c1-18-13-10(14(19-2)17-9-16-13)8-15-11-6-4-5-7-12(11)20-3/h9,11-12,15H,4-8H2,1-3H3. The molecule has 0 bridgehead atoms. The smallest absolute Gasteiger partial charge is 0.224 e. The molecule has 0 radical (unpaired) electrons. The van der Waals surface area contributed by atoms with Crippen LogP contribution in [-0.4, -0.2) is 41.7 Å². The Bertz CT molecular complexity index is 409. The van der Waals surface area contributed by atoms with Gasteiger partial charge in [0.15, 0.2) is 0 Å². The molecule has 1 aliphatic carbocycles. The van der Waals surface area contributed by atoms with Gasteiger partial charge in [-0.3, -0.25) is 0 Å². The normalized spacial score (nSPS) is 22.6. The molecule has 2 rings (SSSR count). The second-order valence-corrected chi connectivity index (χ2v) is 5.99. The van der Waals surface area contributed by atoms with Gasteiger partial charge in [0.25, 0.3) is 0 Å². The summed E-state index contributed by atoms with van der Waals surface area (Å²) in [5.74, 6) is 1.17. The van der Waals surface area contributed by atoms with E-state index in [1.54, 1.807) is 14.2 Å². The summed E-state index contributed by atoms with van der Waals surface area (Å²) in [6, 6.07) is 0.536. The lowest BCUT2D eigenvalue weighted by atomic mass is 9.94. The van der Waals surface area contributed by atoms with Crippen LogP contribution in [-0.2, 0) is 6.54 Å². The number of ether oxygens (including phenoxy) is 2. The van der Waals surface area contributed by atoms with Crippen molar-refractivity contribution in [3.05, 3.63) is 11.9 Å². The fraction of sp³-hybridized carbons (Fsp3) is 0.714. The minimum absolute atomic E-state index is 0.536. The van der Waals surface area contributed by atoms with Gasteiger partial charge in [0.2, 0.25) is 11.8 Å². The molecule has 1 fully saturated rings. The quantitative estimate of drug-likeness (QED) is 0.869. The predicted molar refractivity (Wildman–Crippen MR) is 81.5 cm³/mol. The molecule has 0 aromatic carbocycles. The summed E-state index contributed by atoms with van der Waals surface area (Å²) in [5.41, 5.74) is 0.892. The number of hydrogen-bond acceptors (Lipinski definition) is 6. The van der Waals surface area contributed by atoms with Crippen molar-refractivity contribution in [3.63, 3.8) is 0 Å². The monoisotopic (exact) mass is 297 g/mol. The summed E-state index contributed by atoms with van der Waals surface area (Å²) in [7, 11) is 3.24. The first-order chi connectivity index (χ1) is 9.80. The van der Waals surface area contributed by atoms with E-state index in [1.807, 2.05) is 11.8 Å². The Morgan fingerprint density at radius 3 is 2.45 bits per heavy atom. The molecule has 112 valence electrons. The highest BCUT2D eigenvalue weighted by atomic mass is 32.2. The molecule has 1 heterocycles. The first-order valence-electron chi connectivity index (χ1n) is 6.98. The van der Waals surface area contributed by atoms with Crippen LogP contribution < -0.4 is 14.8 Å². The van der Waals surface area contributed by atoms with E-state index in [1.165, 1.54) is 32.0 Å². The Morgan fingerprint density at radius 2 is 1.85 bits per heavy atom. The molecule has 2 atom stereocenters. The number of nitrogens with zero attached hydrogens (tertiary/aromatic N) is 2. The van der Waals surface area contributed by atoms with E-state index in [-0.39, 0.29) is 0 Å². The first-order valence-corrected chi connectivity index (χ1v) is 8.27.